The summed E-state index contributed by atoms with van der Waals surface area (Å²) < 4.78 is 5.91. The van der Waals surface area contributed by atoms with Crippen molar-refractivity contribution in [2.45, 2.75) is 6.61 Å². The van der Waals surface area contributed by atoms with Gasteiger partial charge in [0.2, 0.25) is 0 Å². The minimum Gasteiger partial charge on any atom is -0.488 e. The van der Waals surface area contributed by atoms with E-state index in [1.807, 2.05) is 97.1 Å². The number of fused-ring (bicyclic) bond motifs is 1. The summed E-state index contributed by atoms with van der Waals surface area (Å²) in [6, 6.07) is 31.6. The fraction of sp³-hybridized carbons (Fsp3) is 0.0769. The molecule has 0 unspecified atom stereocenters. The number of anilines is 1. The van der Waals surface area contributed by atoms with E-state index in [1.54, 1.807) is 6.21 Å². The van der Waals surface area contributed by atoms with Crippen molar-refractivity contribution in [1.82, 2.24) is 5.43 Å². The predicted molar refractivity (Wildman–Crippen MR) is 125 cm³/mol. The monoisotopic (exact) mass is 409 g/mol. The van der Waals surface area contributed by atoms with Crippen molar-refractivity contribution in [3.05, 3.63) is 108 Å². The number of nitrogens with zero attached hydrogens (tertiary/aromatic N) is 1. The van der Waals surface area contributed by atoms with E-state index in [-0.39, 0.29) is 12.5 Å². The molecule has 31 heavy (non-hydrogen) atoms. The lowest BCUT2D eigenvalue weighted by Crippen LogP contribution is -2.25. The minimum atomic E-state index is -0.230. The number of nitrogens with one attached hydrogen (secondary N) is 2. The molecule has 0 spiro atoms. The molecule has 0 aromatic heterocycles. The summed E-state index contributed by atoms with van der Waals surface area (Å²) >= 11 is 0. The Kier molecular flexibility index (Phi) is 6.55. The number of carbonyl (C=O) groups is 1. The Bertz CT molecular complexity index is 1180. The molecule has 0 aliphatic rings. The van der Waals surface area contributed by atoms with E-state index < -0.39 is 0 Å². The van der Waals surface area contributed by atoms with E-state index in [2.05, 4.69) is 15.8 Å². The van der Waals surface area contributed by atoms with Gasteiger partial charge in [-0.15, -0.1) is 0 Å². The highest BCUT2D eigenvalue weighted by atomic mass is 16.5. The molecule has 4 rings (SSSR count). The highest BCUT2D eigenvalue weighted by Gasteiger charge is 2.04. The van der Waals surface area contributed by atoms with Crippen LogP contribution in [-0.2, 0) is 11.4 Å². The fourth-order valence-corrected chi connectivity index (χ4v) is 3.22. The van der Waals surface area contributed by atoms with Gasteiger partial charge >= 0.3 is 0 Å². The van der Waals surface area contributed by atoms with Crippen LogP contribution >= 0.6 is 0 Å². The number of amides is 1. The van der Waals surface area contributed by atoms with Gasteiger partial charge in [0, 0.05) is 16.6 Å². The van der Waals surface area contributed by atoms with Gasteiger partial charge in [0.1, 0.15) is 12.4 Å². The first-order valence-electron chi connectivity index (χ1n) is 10.1. The lowest BCUT2D eigenvalue weighted by molar-refractivity contribution is -0.119. The molecule has 4 aromatic rings. The van der Waals surface area contributed by atoms with Crippen LogP contribution < -0.4 is 15.5 Å². The zero-order valence-electron chi connectivity index (χ0n) is 17.0. The molecule has 1 amide bonds. The zero-order chi connectivity index (χ0) is 21.3. The van der Waals surface area contributed by atoms with Gasteiger partial charge in [0.15, 0.2) is 0 Å². The summed E-state index contributed by atoms with van der Waals surface area (Å²) in [5, 5.41) is 9.46. The molecular formula is C26H23N3O2. The van der Waals surface area contributed by atoms with Gasteiger partial charge in [-0.25, -0.2) is 5.43 Å². The van der Waals surface area contributed by atoms with Crippen LogP contribution in [0.4, 0.5) is 5.69 Å². The van der Waals surface area contributed by atoms with Gasteiger partial charge in [-0.1, -0.05) is 78.9 Å². The highest BCUT2D eigenvalue weighted by Crippen LogP contribution is 2.22. The highest BCUT2D eigenvalue weighted by molar-refractivity contribution is 5.95. The standard InChI is InChI=1S/C26H23N3O2/c30-26(18-27-24-15-8-13-21-11-4-6-14-23(21)24)29-28-17-22-12-5-7-16-25(22)31-19-20-9-2-1-3-10-20/h1-17,27H,18-19H2,(H,29,30)/b28-17+. The average Bonchev–Trinajstić information content (AvgIpc) is 2.83. The molecule has 0 atom stereocenters. The Balaban J connectivity index is 1.32. The first-order chi connectivity index (χ1) is 15.3. The van der Waals surface area contributed by atoms with Crippen LogP contribution in [0.1, 0.15) is 11.1 Å². The molecule has 154 valence electrons. The lowest BCUT2D eigenvalue weighted by atomic mass is 10.1. The number of carbonyl (C=O) groups excluding carboxylic acids is 1. The Morgan fingerprint density at radius 1 is 0.839 bits per heavy atom. The van der Waals surface area contributed by atoms with Gasteiger partial charge in [-0.3, -0.25) is 4.79 Å². The van der Waals surface area contributed by atoms with Crippen molar-refractivity contribution >= 4 is 28.6 Å². The number of rotatable bonds is 8. The average molecular weight is 409 g/mol. The number of hydrogen-bond acceptors (Lipinski definition) is 4. The second kappa shape index (κ2) is 10.1. The van der Waals surface area contributed by atoms with E-state index in [0.717, 1.165) is 27.6 Å². The predicted octanol–water partition coefficient (Wildman–Crippen LogP) is 4.98. The number of ether oxygens (including phenoxy) is 1. The first kappa shape index (κ1) is 20.2. The maximum Gasteiger partial charge on any atom is 0.259 e. The molecule has 0 saturated heterocycles. The van der Waals surface area contributed by atoms with Crippen LogP contribution in [0.2, 0.25) is 0 Å². The third-order valence-electron chi connectivity index (χ3n) is 4.78. The fourth-order valence-electron chi connectivity index (χ4n) is 3.22. The first-order valence-corrected chi connectivity index (χ1v) is 10.1. The van der Waals surface area contributed by atoms with Gasteiger partial charge in [-0.05, 0) is 29.1 Å². The molecule has 0 aliphatic heterocycles. The number of benzene rings is 4. The van der Waals surface area contributed by atoms with Crippen LogP contribution in [0.15, 0.2) is 102 Å². The molecular weight excluding hydrogens is 386 g/mol. The molecule has 5 heteroatoms. The van der Waals surface area contributed by atoms with Crippen LogP contribution in [0.3, 0.4) is 0 Å². The quantitative estimate of drug-likeness (QED) is 0.319. The molecule has 0 radical (unpaired) electrons. The molecule has 5 nitrogen and oxygen atoms in total. The van der Waals surface area contributed by atoms with Crippen LogP contribution in [-0.4, -0.2) is 18.7 Å². The van der Waals surface area contributed by atoms with Crippen molar-refractivity contribution < 1.29 is 9.53 Å². The number of para-hydroxylation sites is 1. The van der Waals surface area contributed by atoms with E-state index in [4.69, 9.17) is 4.74 Å². The molecule has 0 saturated carbocycles. The lowest BCUT2D eigenvalue weighted by Gasteiger charge is -2.09. The summed E-state index contributed by atoms with van der Waals surface area (Å²) in [7, 11) is 0. The van der Waals surface area contributed by atoms with Gasteiger partial charge in [0.05, 0.1) is 12.8 Å². The summed E-state index contributed by atoms with van der Waals surface area (Å²) in [6.45, 7) is 0.588. The van der Waals surface area contributed by atoms with Gasteiger partial charge in [0.25, 0.3) is 5.91 Å². The smallest absolute Gasteiger partial charge is 0.259 e. The molecule has 0 heterocycles. The largest absolute Gasteiger partial charge is 0.488 e. The second-order valence-corrected chi connectivity index (χ2v) is 6.99. The SMILES string of the molecule is O=C(CNc1cccc2ccccc12)N/N=C/c1ccccc1OCc1ccccc1. The summed E-state index contributed by atoms with van der Waals surface area (Å²) in [4.78, 5) is 12.2. The Labute approximate surface area is 181 Å². The van der Waals surface area contributed by atoms with Gasteiger partial charge in [-0.2, -0.15) is 5.10 Å². The number of hydrogen-bond donors (Lipinski definition) is 2. The summed E-state index contributed by atoms with van der Waals surface area (Å²) in [5.74, 6) is 0.477. The third kappa shape index (κ3) is 5.48. The van der Waals surface area contributed by atoms with E-state index in [9.17, 15) is 4.79 Å². The van der Waals surface area contributed by atoms with Crippen LogP contribution in [0, 0.1) is 0 Å². The summed E-state index contributed by atoms with van der Waals surface area (Å²) in [6.07, 6.45) is 1.59. The van der Waals surface area contributed by atoms with Crippen molar-refractivity contribution in [3.8, 4) is 5.75 Å². The van der Waals surface area contributed by atoms with E-state index in [1.165, 1.54) is 0 Å². The zero-order valence-corrected chi connectivity index (χ0v) is 17.0. The molecule has 2 N–H and O–H groups in total. The molecule has 4 aromatic carbocycles. The third-order valence-corrected chi connectivity index (χ3v) is 4.78. The molecule has 0 bridgehead atoms. The van der Waals surface area contributed by atoms with E-state index in [0.29, 0.717) is 12.4 Å². The number of hydrazone groups is 1. The Morgan fingerprint density at radius 3 is 2.48 bits per heavy atom. The maximum absolute atomic E-state index is 12.2. The second-order valence-electron chi connectivity index (χ2n) is 6.99. The minimum absolute atomic E-state index is 0.123. The Hall–Kier alpha value is -4.12. The van der Waals surface area contributed by atoms with Crippen LogP contribution in [0.5, 0.6) is 5.75 Å². The van der Waals surface area contributed by atoms with Crippen molar-refractivity contribution in [3.63, 3.8) is 0 Å². The van der Waals surface area contributed by atoms with Gasteiger partial charge < -0.3 is 10.1 Å². The topological polar surface area (TPSA) is 62.7 Å². The molecule has 0 aliphatic carbocycles. The Morgan fingerprint density at radius 2 is 1.58 bits per heavy atom. The summed E-state index contributed by atoms with van der Waals surface area (Å²) in [5.41, 5.74) is 5.35. The van der Waals surface area contributed by atoms with Crippen LogP contribution in [0.25, 0.3) is 10.8 Å². The van der Waals surface area contributed by atoms with Crippen molar-refractivity contribution in [2.24, 2.45) is 5.10 Å². The van der Waals surface area contributed by atoms with Crippen molar-refractivity contribution in [1.29, 1.82) is 0 Å². The normalized spacial score (nSPS) is 10.8. The van der Waals surface area contributed by atoms with E-state index >= 15 is 0 Å². The van der Waals surface area contributed by atoms with Crippen molar-refractivity contribution in [2.75, 3.05) is 11.9 Å². The molecule has 0 fully saturated rings. The maximum atomic E-state index is 12.2.